The normalized spacial score (nSPS) is 34.4. The molecular weight excluding hydrogens is 264 g/mol. The fourth-order valence-electron chi connectivity index (χ4n) is 2.98. The molecule has 2 saturated heterocycles. The Morgan fingerprint density at radius 2 is 2.10 bits per heavy atom. The molecule has 2 unspecified atom stereocenters. The number of methoxy groups -OCH3 is 1. The van der Waals surface area contributed by atoms with Crippen LogP contribution in [0.3, 0.4) is 0 Å². The number of aliphatic hydroxyl groups excluding tert-OH is 1. The SMILES string of the molecule is COC1(C)CCCN(C(=O)N2CC(O)C[C@H]2C(=O)O)C1. The van der Waals surface area contributed by atoms with Crippen molar-refractivity contribution in [2.45, 2.75) is 43.9 Å². The van der Waals surface area contributed by atoms with Gasteiger partial charge in [-0.25, -0.2) is 9.59 Å². The first kappa shape index (κ1) is 15.1. The first-order valence-electron chi connectivity index (χ1n) is 6.88. The van der Waals surface area contributed by atoms with Crippen molar-refractivity contribution in [3.8, 4) is 0 Å². The highest BCUT2D eigenvalue weighted by Crippen LogP contribution is 2.27. The van der Waals surface area contributed by atoms with E-state index < -0.39 is 18.1 Å². The maximum atomic E-state index is 12.5. The number of ether oxygens (including phenoxy) is 1. The minimum absolute atomic E-state index is 0.0794. The van der Waals surface area contributed by atoms with Gasteiger partial charge < -0.3 is 24.7 Å². The average molecular weight is 286 g/mol. The number of carbonyl (C=O) groups excluding carboxylic acids is 1. The smallest absolute Gasteiger partial charge is 0.326 e. The van der Waals surface area contributed by atoms with E-state index in [-0.39, 0.29) is 24.6 Å². The van der Waals surface area contributed by atoms with Crippen molar-refractivity contribution in [3.05, 3.63) is 0 Å². The molecule has 0 aliphatic carbocycles. The molecule has 2 fully saturated rings. The number of aliphatic carboxylic acids is 1. The second-order valence-electron chi connectivity index (χ2n) is 5.86. The highest BCUT2D eigenvalue weighted by molar-refractivity contribution is 5.83. The zero-order chi connectivity index (χ0) is 14.9. The van der Waals surface area contributed by atoms with E-state index in [0.717, 1.165) is 12.8 Å². The number of nitrogens with zero attached hydrogens (tertiary/aromatic N) is 2. The Hall–Kier alpha value is -1.34. The Bertz CT molecular complexity index is 402. The molecule has 2 rings (SSSR count). The molecule has 2 amide bonds. The third-order valence-electron chi connectivity index (χ3n) is 4.23. The summed E-state index contributed by atoms with van der Waals surface area (Å²) in [6, 6.07) is -1.26. The molecule has 2 heterocycles. The first-order valence-corrected chi connectivity index (χ1v) is 6.88. The molecule has 7 heteroatoms. The first-order chi connectivity index (χ1) is 9.36. The molecule has 0 aromatic carbocycles. The van der Waals surface area contributed by atoms with Crippen molar-refractivity contribution >= 4 is 12.0 Å². The average Bonchev–Trinajstić information content (AvgIpc) is 2.80. The predicted octanol–water partition coefficient (Wildman–Crippen LogP) is 0.127. The predicted molar refractivity (Wildman–Crippen MR) is 70.4 cm³/mol. The molecule has 114 valence electrons. The molecule has 20 heavy (non-hydrogen) atoms. The highest BCUT2D eigenvalue weighted by Gasteiger charge is 2.42. The molecule has 3 atom stereocenters. The van der Waals surface area contributed by atoms with E-state index in [0.29, 0.717) is 13.1 Å². The highest BCUT2D eigenvalue weighted by atomic mass is 16.5. The number of rotatable bonds is 2. The number of carboxylic acids is 1. The van der Waals surface area contributed by atoms with Crippen LogP contribution in [0.25, 0.3) is 0 Å². The number of aliphatic hydroxyl groups is 1. The largest absolute Gasteiger partial charge is 0.480 e. The number of carboxylic acid groups (broad SMARTS) is 1. The number of amides is 2. The second kappa shape index (κ2) is 5.57. The molecule has 0 aromatic heterocycles. The Labute approximate surface area is 118 Å². The van der Waals surface area contributed by atoms with Crippen molar-refractivity contribution in [2.75, 3.05) is 26.7 Å². The maximum Gasteiger partial charge on any atom is 0.326 e. The van der Waals surface area contributed by atoms with Crippen LogP contribution >= 0.6 is 0 Å². The summed E-state index contributed by atoms with van der Waals surface area (Å²) in [4.78, 5) is 26.6. The third-order valence-corrected chi connectivity index (χ3v) is 4.23. The van der Waals surface area contributed by atoms with Gasteiger partial charge in [-0.1, -0.05) is 0 Å². The molecule has 7 nitrogen and oxygen atoms in total. The fourth-order valence-corrected chi connectivity index (χ4v) is 2.98. The van der Waals surface area contributed by atoms with Gasteiger partial charge >= 0.3 is 12.0 Å². The number of β-amino-alcohol motifs (C(OH)–C–C–N with tert-alkyl or cyclic N) is 1. The van der Waals surface area contributed by atoms with Gasteiger partial charge in [0, 0.05) is 26.6 Å². The van der Waals surface area contributed by atoms with Gasteiger partial charge in [0.15, 0.2) is 0 Å². The molecule has 2 aliphatic heterocycles. The minimum Gasteiger partial charge on any atom is -0.480 e. The summed E-state index contributed by atoms with van der Waals surface area (Å²) >= 11 is 0. The standard InChI is InChI=1S/C13H22N2O5/c1-13(20-2)4-3-5-14(8-13)12(19)15-7-9(16)6-10(15)11(17)18/h9-10,16H,3-8H2,1-2H3,(H,17,18)/t9?,10-,13?/m0/s1. The maximum absolute atomic E-state index is 12.5. The van der Waals surface area contributed by atoms with Crippen molar-refractivity contribution in [2.24, 2.45) is 0 Å². The molecule has 0 spiro atoms. The van der Waals surface area contributed by atoms with E-state index in [4.69, 9.17) is 9.84 Å². The van der Waals surface area contributed by atoms with E-state index in [2.05, 4.69) is 0 Å². The summed E-state index contributed by atoms with van der Waals surface area (Å²) in [5, 5.41) is 18.8. The van der Waals surface area contributed by atoms with Crippen LogP contribution in [0.15, 0.2) is 0 Å². The van der Waals surface area contributed by atoms with E-state index >= 15 is 0 Å². The number of urea groups is 1. The van der Waals surface area contributed by atoms with Gasteiger partial charge in [0.2, 0.25) is 0 Å². The molecule has 0 aromatic rings. The number of hydrogen-bond acceptors (Lipinski definition) is 4. The van der Waals surface area contributed by atoms with Crippen LogP contribution in [-0.4, -0.2) is 76.5 Å². The van der Waals surface area contributed by atoms with Gasteiger partial charge in [-0.05, 0) is 19.8 Å². The van der Waals surface area contributed by atoms with Crippen LogP contribution in [0.1, 0.15) is 26.2 Å². The van der Waals surface area contributed by atoms with Crippen LogP contribution in [0.5, 0.6) is 0 Å². The molecular formula is C13H22N2O5. The lowest BCUT2D eigenvalue weighted by Gasteiger charge is -2.41. The zero-order valence-electron chi connectivity index (χ0n) is 11.9. The Kier molecular flexibility index (Phi) is 4.19. The molecule has 0 saturated carbocycles. The summed E-state index contributed by atoms with van der Waals surface area (Å²) in [6.07, 6.45) is 1.03. The Morgan fingerprint density at radius 1 is 1.40 bits per heavy atom. The van der Waals surface area contributed by atoms with Crippen LogP contribution in [0.2, 0.25) is 0 Å². The number of carbonyl (C=O) groups is 2. The number of hydrogen-bond donors (Lipinski definition) is 2. The van der Waals surface area contributed by atoms with Crippen LogP contribution in [0.4, 0.5) is 4.79 Å². The summed E-state index contributed by atoms with van der Waals surface area (Å²) in [7, 11) is 1.62. The van der Waals surface area contributed by atoms with Gasteiger partial charge in [-0.15, -0.1) is 0 Å². The molecule has 0 radical (unpaired) electrons. The van der Waals surface area contributed by atoms with E-state index in [9.17, 15) is 14.7 Å². The summed E-state index contributed by atoms with van der Waals surface area (Å²) < 4.78 is 5.44. The van der Waals surface area contributed by atoms with E-state index in [1.807, 2.05) is 6.92 Å². The van der Waals surface area contributed by atoms with E-state index in [1.165, 1.54) is 4.90 Å². The van der Waals surface area contributed by atoms with Crippen LogP contribution in [0, 0.1) is 0 Å². The van der Waals surface area contributed by atoms with Gasteiger partial charge in [0.05, 0.1) is 18.2 Å². The lowest BCUT2D eigenvalue weighted by atomic mass is 9.95. The van der Waals surface area contributed by atoms with Gasteiger partial charge in [0.1, 0.15) is 6.04 Å². The summed E-state index contributed by atoms with van der Waals surface area (Å²) in [5.41, 5.74) is -0.384. The van der Waals surface area contributed by atoms with Crippen molar-refractivity contribution in [3.63, 3.8) is 0 Å². The zero-order valence-corrected chi connectivity index (χ0v) is 11.9. The van der Waals surface area contributed by atoms with Gasteiger partial charge in [-0.2, -0.15) is 0 Å². The lowest BCUT2D eigenvalue weighted by molar-refractivity contribution is -0.141. The van der Waals surface area contributed by atoms with Crippen molar-refractivity contribution in [1.29, 1.82) is 0 Å². The number of piperidine rings is 1. The lowest BCUT2D eigenvalue weighted by Crippen LogP contribution is -2.55. The molecule has 2 aliphatic rings. The summed E-state index contributed by atoms with van der Waals surface area (Å²) in [6.45, 7) is 3.06. The quantitative estimate of drug-likeness (QED) is 0.753. The van der Waals surface area contributed by atoms with Gasteiger partial charge in [-0.3, -0.25) is 0 Å². The van der Waals surface area contributed by atoms with E-state index in [1.54, 1.807) is 12.0 Å². The topological polar surface area (TPSA) is 90.3 Å². The van der Waals surface area contributed by atoms with Crippen LogP contribution in [-0.2, 0) is 9.53 Å². The second-order valence-corrected chi connectivity index (χ2v) is 5.86. The minimum atomic E-state index is -1.07. The van der Waals surface area contributed by atoms with Crippen LogP contribution < -0.4 is 0 Å². The van der Waals surface area contributed by atoms with Gasteiger partial charge in [0.25, 0.3) is 0 Å². The van der Waals surface area contributed by atoms with Crippen molar-refractivity contribution in [1.82, 2.24) is 9.80 Å². The third kappa shape index (κ3) is 2.88. The van der Waals surface area contributed by atoms with Crippen molar-refractivity contribution < 1.29 is 24.5 Å². The monoisotopic (exact) mass is 286 g/mol. The fraction of sp³-hybridized carbons (Fsp3) is 0.846. The summed E-state index contributed by atoms with van der Waals surface area (Å²) in [5.74, 6) is -1.07. The Morgan fingerprint density at radius 3 is 2.70 bits per heavy atom. The Balaban J connectivity index is 2.08. The molecule has 2 N–H and O–H groups in total. The number of likely N-dealkylation sites (tertiary alicyclic amines) is 2. The molecule has 0 bridgehead atoms.